The number of nitrogens with one attached hydrogen (secondary N) is 2. The summed E-state index contributed by atoms with van der Waals surface area (Å²) in [5, 5.41) is 9.73. The summed E-state index contributed by atoms with van der Waals surface area (Å²) in [5.41, 5.74) is 3.86. The highest BCUT2D eigenvalue weighted by Crippen LogP contribution is 2.32. The highest BCUT2D eigenvalue weighted by Gasteiger charge is 2.30. The van der Waals surface area contributed by atoms with E-state index in [0.29, 0.717) is 44.5 Å². The number of nitrogens with zero attached hydrogens (tertiary/aromatic N) is 2. The molecule has 4 rings (SSSR count). The number of rotatable bonds is 11. The van der Waals surface area contributed by atoms with E-state index in [1.54, 1.807) is 35.7 Å². The number of carbonyl (C=O) groups is 1. The Balaban J connectivity index is 1.31. The van der Waals surface area contributed by atoms with Gasteiger partial charge in [0.05, 0.1) is 40.5 Å². The summed E-state index contributed by atoms with van der Waals surface area (Å²) in [6, 6.07) is 15.3. The molecule has 0 aliphatic heterocycles. The molecule has 7 nitrogen and oxygen atoms in total. The first-order valence-electron chi connectivity index (χ1n) is 12.1. The summed E-state index contributed by atoms with van der Waals surface area (Å²) >= 11 is 13.2. The second-order valence-electron chi connectivity index (χ2n) is 8.49. The Hall–Kier alpha value is -3.80. The molecule has 0 saturated carbocycles. The van der Waals surface area contributed by atoms with Crippen LogP contribution >= 0.6 is 34.5 Å². The summed E-state index contributed by atoms with van der Waals surface area (Å²) < 4.78 is 50.4. The number of hydrogen-bond donors (Lipinski definition) is 2. The number of carbonyl (C=O) groups excluding carboxylic acids is 1. The summed E-state index contributed by atoms with van der Waals surface area (Å²) in [7, 11) is 0. The van der Waals surface area contributed by atoms with Crippen LogP contribution in [0.5, 0.6) is 11.5 Å². The highest BCUT2D eigenvalue weighted by atomic mass is 35.5. The SMILES string of the molecule is CCOc1cc(/C=N\NC(=O)Cc2csc(Nc3cccc(C(F)(F)F)c3)n2)ccc1OCc1ccc(Cl)c(Cl)c1. The molecule has 4 aromatic rings. The topological polar surface area (TPSA) is 84.8 Å². The first-order valence-corrected chi connectivity index (χ1v) is 13.8. The molecular weight excluding hydrogens is 600 g/mol. The number of amides is 1. The van der Waals surface area contributed by atoms with E-state index < -0.39 is 17.6 Å². The zero-order valence-corrected chi connectivity index (χ0v) is 23.8. The summed E-state index contributed by atoms with van der Waals surface area (Å²) in [6.07, 6.45) is -3.05. The standard InChI is InChI=1S/C28H23Cl2F3N4O3S/c1-2-39-25-11-17(7-9-24(25)40-15-18-6-8-22(29)23(30)10-18)14-34-37-26(38)13-21-16-41-27(36-21)35-20-5-3-4-19(12-20)28(31,32)33/h3-12,14,16H,2,13,15H2,1H3,(H,35,36)(H,37,38)/b34-14-. The average molecular weight is 623 g/mol. The number of alkyl halides is 3. The third-order valence-electron chi connectivity index (χ3n) is 5.38. The minimum Gasteiger partial charge on any atom is -0.490 e. The molecule has 0 fully saturated rings. The molecular formula is C28H23Cl2F3N4O3S. The smallest absolute Gasteiger partial charge is 0.416 e. The van der Waals surface area contributed by atoms with E-state index in [1.807, 2.05) is 13.0 Å². The molecule has 214 valence electrons. The Morgan fingerprint density at radius 3 is 2.63 bits per heavy atom. The molecule has 0 atom stereocenters. The molecule has 0 aliphatic carbocycles. The van der Waals surface area contributed by atoms with Gasteiger partial charge in [-0.3, -0.25) is 4.79 Å². The molecule has 0 spiro atoms. The minimum atomic E-state index is -4.45. The number of anilines is 2. The van der Waals surface area contributed by atoms with E-state index in [4.69, 9.17) is 32.7 Å². The molecule has 0 unspecified atom stereocenters. The van der Waals surface area contributed by atoms with Crippen molar-refractivity contribution in [3.8, 4) is 11.5 Å². The molecule has 0 radical (unpaired) electrons. The normalized spacial score (nSPS) is 11.5. The van der Waals surface area contributed by atoms with Crippen molar-refractivity contribution in [2.24, 2.45) is 5.10 Å². The lowest BCUT2D eigenvalue weighted by molar-refractivity contribution is -0.137. The van der Waals surface area contributed by atoms with Gasteiger partial charge in [-0.05, 0) is 66.6 Å². The van der Waals surface area contributed by atoms with Gasteiger partial charge in [0.2, 0.25) is 5.91 Å². The fourth-order valence-electron chi connectivity index (χ4n) is 3.51. The fourth-order valence-corrected chi connectivity index (χ4v) is 4.56. The van der Waals surface area contributed by atoms with Crippen LogP contribution in [0.1, 0.15) is 29.3 Å². The van der Waals surface area contributed by atoms with Crippen molar-refractivity contribution in [2.75, 3.05) is 11.9 Å². The van der Waals surface area contributed by atoms with E-state index in [2.05, 4.69) is 20.8 Å². The van der Waals surface area contributed by atoms with Crippen molar-refractivity contribution in [1.82, 2.24) is 10.4 Å². The van der Waals surface area contributed by atoms with Crippen LogP contribution in [0.15, 0.2) is 71.1 Å². The van der Waals surface area contributed by atoms with Crippen LogP contribution in [-0.4, -0.2) is 23.7 Å². The Morgan fingerprint density at radius 1 is 1.05 bits per heavy atom. The molecule has 0 aliphatic rings. The predicted molar refractivity (Wildman–Crippen MR) is 155 cm³/mol. The van der Waals surface area contributed by atoms with Gasteiger partial charge in [0.1, 0.15) is 6.61 Å². The van der Waals surface area contributed by atoms with Gasteiger partial charge in [0.25, 0.3) is 0 Å². The molecule has 0 bridgehead atoms. The third-order valence-corrected chi connectivity index (χ3v) is 6.93. The van der Waals surface area contributed by atoms with Crippen LogP contribution in [-0.2, 0) is 24.0 Å². The van der Waals surface area contributed by atoms with E-state index in [1.165, 1.54) is 29.7 Å². The summed E-state index contributed by atoms with van der Waals surface area (Å²) in [6.45, 7) is 2.52. The monoisotopic (exact) mass is 622 g/mol. The Kier molecular flexibility index (Phi) is 10.1. The molecule has 13 heteroatoms. The van der Waals surface area contributed by atoms with Gasteiger partial charge in [-0.25, -0.2) is 10.4 Å². The number of benzene rings is 3. The second-order valence-corrected chi connectivity index (χ2v) is 10.2. The van der Waals surface area contributed by atoms with Crippen molar-refractivity contribution >= 4 is 57.5 Å². The van der Waals surface area contributed by atoms with Crippen LogP contribution in [0.25, 0.3) is 0 Å². The van der Waals surface area contributed by atoms with E-state index in [-0.39, 0.29) is 18.7 Å². The maximum Gasteiger partial charge on any atom is 0.416 e. The van der Waals surface area contributed by atoms with Crippen LogP contribution in [0.4, 0.5) is 24.0 Å². The van der Waals surface area contributed by atoms with Gasteiger partial charge in [0, 0.05) is 11.1 Å². The largest absolute Gasteiger partial charge is 0.490 e. The highest BCUT2D eigenvalue weighted by molar-refractivity contribution is 7.13. The number of thiazole rings is 1. The van der Waals surface area contributed by atoms with E-state index in [9.17, 15) is 18.0 Å². The molecule has 1 amide bonds. The van der Waals surface area contributed by atoms with Crippen LogP contribution in [0.3, 0.4) is 0 Å². The van der Waals surface area contributed by atoms with Gasteiger partial charge in [0.15, 0.2) is 16.6 Å². The molecule has 0 saturated heterocycles. The van der Waals surface area contributed by atoms with Crippen molar-refractivity contribution in [3.63, 3.8) is 0 Å². The zero-order valence-electron chi connectivity index (χ0n) is 21.5. The lowest BCUT2D eigenvalue weighted by Gasteiger charge is -2.13. The first kappa shape index (κ1) is 30.2. The first-order chi connectivity index (χ1) is 19.6. The summed E-state index contributed by atoms with van der Waals surface area (Å²) in [4.78, 5) is 16.6. The Morgan fingerprint density at radius 2 is 1.88 bits per heavy atom. The van der Waals surface area contributed by atoms with Gasteiger partial charge >= 0.3 is 6.18 Å². The second kappa shape index (κ2) is 13.7. The van der Waals surface area contributed by atoms with Crippen molar-refractivity contribution < 1.29 is 27.4 Å². The van der Waals surface area contributed by atoms with Gasteiger partial charge in [-0.2, -0.15) is 18.3 Å². The predicted octanol–water partition coefficient (Wildman–Crippen LogP) is 7.88. The van der Waals surface area contributed by atoms with Crippen molar-refractivity contribution in [1.29, 1.82) is 0 Å². The molecule has 1 heterocycles. The average Bonchev–Trinajstić information content (AvgIpc) is 3.36. The molecule has 3 aromatic carbocycles. The number of hydrazone groups is 1. The van der Waals surface area contributed by atoms with Gasteiger partial charge in [-0.1, -0.05) is 35.3 Å². The van der Waals surface area contributed by atoms with E-state index in [0.717, 1.165) is 17.7 Å². The van der Waals surface area contributed by atoms with Crippen LogP contribution in [0.2, 0.25) is 10.0 Å². The molecule has 1 aromatic heterocycles. The van der Waals surface area contributed by atoms with Crippen molar-refractivity contribution in [2.45, 2.75) is 26.1 Å². The third kappa shape index (κ3) is 8.84. The molecule has 2 N–H and O–H groups in total. The number of halogens is 5. The van der Waals surface area contributed by atoms with Crippen LogP contribution < -0.4 is 20.2 Å². The van der Waals surface area contributed by atoms with Crippen LogP contribution in [0, 0.1) is 0 Å². The zero-order chi connectivity index (χ0) is 29.4. The number of hydrogen-bond acceptors (Lipinski definition) is 7. The molecule has 41 heavy (non-hydrogen) atoms. The quantitative estimate of drug-likeness (QED) is 0.131. The lowest BCUT2D eigenvalue weighted by Crippen LogP contribution is -2.19. The fraction of sp³-hybridized carbons (Fsp3) is 0.179. The maximum atomic E-state index is 12.9. The van der Waals surface area contributed by atoms with Gasteiger partial charge < -0.3 is 14.8 Å². The number of ether oxygens (including phenoxy) is 2. The maximum absolute atomic E-state index is 12.9. The Bertz CT molecular complexity index is 1550. The number of aromatic nitrogens is 1. The van der Waals surface area contributed by atoms with Gasteiger partial charge in [-0.15, -0.1) is 11.3 Å². The summed E-state index contributed by atoms with van der Waals surface area (Å²) in [5.74, 6) is 0.618. The van der Waals surface area contributed by atoms with Crippen molar-refractivity contribution in [3.05, 3.63) is 98.5 Å². The minimum absolute atomic E-state index is 0.0657. The Labute approximate surface area is 247 Å². The van der Waals surface area contributed by atoms with E-state index >= 15 is 0 Å². The lowest BCUT2D eigenvalue weighted by atomic mass is 10.2.